The van der Waals surface area contributed by atoms with Crippen LogP contribution >= 0.6 is 23.4 Å². The summed E-state index contributed by atoms with van der Waals surface area (Å²) in [5.74, 6) is 0.978. The molecule has 0 radical (unpaired) electrons. The molecular weight excluding hydrogens is 460 g/mol. The van der Waals surface area contributed by atoms with E-state index >= 15 is 0 Å². The molecule has 1 aliphatic heterocycles. The Bertz CT molecular complexity index is 969. The summed E-state index contributed by atoms with van der Waals surface area (Å²) in [4.78, 5) is 41.8. The minimum absolute atomic E-state index is 0.0369. The zero-order valence-corrected chi connectivity index (χ0v) is 21.1. The minimum Gasteiger partial charge on any atom is -0.353 e. The Kier molecular flexibility index (Phi) is 8.53. The van der Waals surface area contributed by atoms with E-state index in [1.165, 1.54) is 11.8 Å². The largest absolute Gasteiger partial charge is 0.353 e. The summed E-state index contributed by atoms with van der Waals surface area (Å²) in [5, 5.41) is 3.66. The number of pyridine rings is 1. The highest BCUT2D eigenvalue weighted by Gasteiger charge is 2.30. The van der Waals surface area contributed by atoms with Crippen LogP contribution in [0.15, 0.2) is 35.7 Å². The molecule has 0 aromatic carbocycles. The summed E-state index contributed by atoms with van der Waals surface area (Å²) >= 11 is 7.50. The van der Waals surface area contributed by atoms with Crippen molar-refractivity contribution in [1.29, 1.82) is 0 Å². The van der Waals surface area contributed by atoms with Crippen molar-refractivity contribution in [2.24, 2.45) is 5.41 Å². The standard InChI is InChI=1S/C23H31ClN6O2S/c1-16-14-29(9-10-30(16)21(32)12-23(2,3)4)19-11-18(24)27-22(28-19)33-15-20(31)26-13-17-5-7-25-8-6-17/h5-8,11,16H,9-10,12-15H2,1-4H3,(H,26,31). The van der Waals surface area contributed by atoms with Gasteiger partial charge in [0.15, 0.2) is 5.16 Å². The van der Waals surface area contributed by atoms with Gasteiger partial charge in [-0.1, -0.05) is 44.1 Å². The third-order valence-corrected chi connectivity index (χ3v) is 6.23. The first-order valence-corrected chi connectivity index (χ1v) is 12.3. The first-order chi connectivity index (χ1) is 15.6. The average Bonchev–Trinajstić information content (AvgIpc) is 2.75. The lowest BCUT2D eigenvalue weighted by Gasteiger charge is -2.41. The van der Waals surface area contributed by atoms with Crippen molar-refractivity contribution in [2.75, 3.05) is 30.3 Å². The maximum absolute atomic E-state index is 12.7. The summed E-state index contributed by atoms with van der Waals surface area (Å²) in [6.07, 6.45) is 3.91. The van der Waals surface area contributed by atoms with Gasteiger partial charge in [0.25, 0.3) is 0 Å². The van der Waals surface area contributed by atoms with Crippen LogP contribution in [0.4, 0.5) is 5.82 Å². The average molecular weight is 491 g/mol. The fraction of sp³-hybridized carbons (Fsp3) is 0.522. The molecule has 1 unspecified atom stereocenters. The van der Waals surface area contributed by atoms with E-state index in [-0.39, 0.29) is 29.0 Å². The first kappa shape index (κ1) is 25.2. The summed E-state index contributed by atoms with van der Waals surface area (Å²) < 4.78 is 0. The molecule has 1 saturated heterocycles. The normalized spacial score (nSPS) is 16.6. The SMILES string of the molecule is CC1CN(c2cc(Cl)nc(SCC(=O)NCc3ccncc3)n2)CCN1C(=O)CC(C)(C)C. The van der Waals surface area contributed by atoms with Gasteiger partial charge in [0.05, 0.1) is 5.75 Å². The van der Waals surface area contributed by atoms with Crippen molar-refractivity contribution >= 4 is 41.0 Å². The third kappa shape index (κ3) is 7.85. The summed E-state index contributed by atoms with van der Waals surface area (Å²) in [7, 11) is 0. The number of hydrogen-bond acceptors (Lipinski definition) is 7. The smallest absolute Gasteiger partial charge is 0.230 e. The molecule has 8 nitrogen and oxygen atoms in total. The zero-order valence-electron chi connectivity index (χ0n) is 19.5. The van der Waals surface area contributed by atoms with E-state index in [4.69, 9.17) is 11.6 Å². The van der Waals surface area contributed by atoms with Crippen molar-refractivity contribution < 1.29 is 9.59 Å². The molecule has 1 aliphatic rings. The fourth-order valence-corrected chi connectivity index (χ4v) is 4.50. The molecule has 178 valence electrons. The highest BCUT2D eigenvalue weighted by molar-refractivity contribution is 7.99. The van der Waals surface area contributed by atoms with Crippen LogP contribution in [0.1, 0.15) is 39.7 Å². The molecule has 0 saturated carbocycles. The molecule has 2 amide bonds. The van der Waals surface area contributed by atoms with Crippen LogP contribution in [0.3, 0.4) is 0 Å². The molecule has 3 rings (SSSR count). The van der Waals surface area contributed by atoms with Gasteiger partial charge in [-0.2, -0.15) is 0 Å². The number of rotatable bonds is 7. The van der Waals surface area contributed by atoms with Crippen molar-refractivity contribution in [3.8, 4) is 0 Å². The van der Waals surface area contributed by atoms with E-state index in [1.807, 2.05) is 17.0 Å². The van der Waals surface area contributed by atoms with Crippen molar-refractivity contribution in [3.63, 3.8) is 0 Å². The number of carbonyl (C=O) groups is 2. The third-order valence-electron chi connectivity index (χ3n) is 5.19. The lowest BCUT2D eigenvalue weighted by Crippen LogP contribution is -2.54. The van der Waals surface area contributed by atoms with Crippen molar-refractivity contribution in [1.82, 2.24) is 25.2 Å². The Morgan fingerprint density at radius 2 is 1.94 bits per heavy atom. The van der Waals surface area contributed by atoms with Crippen LogP contribution < -0.4 is 10.2 Å². The summed E-state index contributed by atoms with van der Waals surface area (Å²) in [5.41, 5.74) is 0.948. The number of thioether (sulfide) groups is 1. The van der Waals surface area contributed by atoms with Crippen molar-refractivity contribution in [3.05, 3.63) is 41.3 Å². The number of nitrogens with one attached hydrogen (secondary N) is 1. The van der Waals surface area contributed by atoms with Gasteiger partial charge in [-0.15, -0.1) is 0 Å². The number of halogens is 1. The molecule has 1 atom stereocenters. The molecule has 10 heteroatoms. The highest BCUT2D eigenvalue weighted by Crippen LogP contribution is 2.26. The second-order valence-electron chi connectivity index (χ2n) is 9.37. The predicted molar refractivity (Wildman–Crippen MR) is 131 cm³/mol. The Morgan fingerprint density at radius 3 is 2.61 bits per heavy atom. The Labute approximate surface area is 204 Å². The van der Waals surface area contributed by atoms with Crippen LogP contribution in [-0.2, 0) is 16.1 Å². The van der Waals surface area contributed by atoms with Crippen molar-refractivity contribution in [2.45, 2.75) is 51.9 Å². The lowest BCUT2D eigenvalue weighted by atomic mass is 9.91. The number of hydrogen-bond donors (Lipinski definition) is 1. The number of aromatic nitrogens is 3. The Hall–Kier alpha value is -2.39. The first-order valence-electron chi connectivity index (χ1n) is 11.0. The second-order valence-corrected chi connectivity index (χ2v) is 10.7. The number of carbonyl (C=O) groups excluding carboxylic acids is 2. The van der Waals surface area contributed by atoms with Gasteiger partial charge in [0, 0.05) is 57.1 Å². The Morgan fingerprint density at radius 1 is 1.21 bits per heavy atom. The monoisotopic (exact) mass is 490 g/mol. The molecule has 0 aliphatic carbocycles. The molecule has 1 fully saturated rings. The molecule has 2 aromatic heterocycles. The van der Waals surface area contributed by atoms with Gasteiger partial charge in [-0.05, 0) is 30.0 Å². The summed E-state index contributed by atoms with van der Waals surface area (Å²) in [6, 6.07) is 5.51. The van der Waals surface area contributed by atoms with Gasteiger partial charge < -0.3 is 15.1 Å². The number of anilines is 1. The lowest BCUT2D eigenvalue weighted by molar-refractivity contribution is -0.135. The van der Waals surface area contributed by atoms with E-state index in [9.17, 15) is 9.59 Å². The minimum atomic E-state index is -0.110. The Balaban J connectivity index is 1.55. The number of piperazine rings is 1. The van der Waals surface area contributed by atoms with Crippen LogP contribution in [0, 0.1) is 5.41 Å². The van der Waals surface area contributed by atoms with Crippen LogP contribution in [0.25, 0.3) is 0 Å². The highest BCUT2D eigenvalue weighted by atomic mass is 35.5. The second kappa shape index (κ2) is 11.2. The van der Waals surface area contributed by atoms with E-state index in [0.717, 1.165) is 5.56 Å². The van der Waals surface area contributed by atoms with E-state index in [0.29, 0.717) is 48.7 Å². The maximum atomic E-state index is 12.7. The predicted octanol–water partition coefficient (Wildman–Crippen LogP) is 3.41. The van der Waals surface area contributed by atoms with E-state index in [1.54, 1.807) is 18.5 Å². The van der Waals surface area contributed by atoms with Gasteiger partial charge in [-0.3, -0.25) is 14.6 Å². The fourth-order valence-electron chi connectivity index (χ4n) is 3.59. The van der Waals surface area contributed by atoms with Gasteiger partial charge >= 0.3 is 0 Å². The van der Waals surface area contributed by atoms with Gasteiger partial charge in [0.1, 0.15) is 11.0 Å². The molecule has 33 heavy (non-hydrogen) atoms. The number of amides is 2. The summed E-state index contributed by atoms with van der Waals surface area (Å²) in [6.45, 7) is 10.7. The van der Waals surface area contributed by atoms with Gasteiger partial charge in [-0.25, -0.2) is 9.97 Å². The molecule has 0 bridgehead atoms. The number of nitrogens with zero attached hydrogens (tertiary/aromatic N) is 5. The zero-order chi connectivity index (χ0) is 24.0. The molecule has 1 N–H and O–H groups in total. The van der Waals surface area contributed by atoms with Crippen LogP contribution in [0.2, 0.25) is 5.15 Å². The molecule has 0 spiro atoms. The van der Waals surface area contributed by atoms with Gasteiger partial charge in [0.2, 0.25) is 11.8 Å². The molecule has 2 aromatic rings. The van der Waals surface area contributed by atoms with Crippen LogP contribution in [0.5, 0.6) is 0 Å². The molecular formula is C23H31ClN6O2S. The van der Waals surface area contributed by atoms with Crippen LogP contribution in [-0.4, -0.2) is 63.1 Å². The van der Waals surface area contributed by atoms with E-state index in [2.05, 4.69) is 52.9 Å². The molecule has 3 heterocycles. The topological polar surface area (TPSA) is 91.3 Å². The van der Waals surface area contributed by atoms with E-state index < -0.39 is 0 Å². The maximum Gasteiger partial charge on any atom is 0.230 e. The quantitative estimate of drug-likeness (QED) is 0.361.